The van der Waals surface area contributed by atoms with Crippen molar-refractivity contribution in [3.05, 3.63) is 53.1 Å². The van der Waals surface area contributed by atoms with Crippen molar-refractivity contribution >= 4 is 17.8 Å². The lowest BCUT2D eigenvalue weighted by atomic mass is 10.0. The first-order valence-electron chi connectivity index (χ1n) is 6.31. The Bertz CT molecular complexity index is 600. The fraction of sp³-hybridized carbons (Fsp3) is 0.200. The number of hydrogen-bond donors (Lipinski definition) is 2. The number of nitrogens with one attached hydrogen (secondary N) is 1. The summed E-state index contributed by atoms with van der Waals surface area (Å²) in [6.45, 7) is 1.84. The number of halogens is 1. The number of allylic oxidation sites excluding steroid dienone is 2. The van der Waals surface area contributed by atoms with Crippen molar-refractivity contribution in [2.24, 2.45) is 10.7 Å². The molecule has 1 heterocycles. The second kappa shape index (κ2) is 6.14. The van der Waals surface area contributed by atoms with Crippen LogP contribution in [0.4, 0.5) is 4.39 Å². The molecule has 0 aliphatic carbocycles. The first-order chi connectivity index (χ1) is 9.60. The SMILES string of the molecule is CC(C=NC1=C(c2ccc(F)cc2)NC(=O)CC1)=CN. The second-order valence-electron chi connectivity index (χ2n) is 4.55. The first kappa shape index (κ1) is 14.0. The summed E-state index contributed by atoms with van der Waals surface area (Å²) in [4.78, 5) is 15.9. The Labute approximate surface area is 116 Å². The van der Waals surface area contributed by atoms with Crippen LogP contribution in [0, 0.1) is 5.82 Å². The van der Waals surface area contributed by atoms with Crippen molar-refractivity contribution in [1.82, 2.24) is 5.32 Å². The van der Waals surface area contributed by atoms with Crippen molar-refractivity contribution < 1.29 is 9.18 Å². The maximum atomic E-state index is 13.0. The lowest BCUT2D eigenvalue weighted by Crippen LogP contribution is -2.26. The third-order valence-corrected chi connectivity index (χ3v) is 2.96. The van der Waals surface area contributed by atoms with E-state index in [1.165, 1.54) is 18.3 Å². The highest BCUT2D eigenvalue weighted by atomic mass is 19.1. The van der Waals surface area contributed by atoms with Gasteiger partial charge in [-0.1, -0.05) is 0 Å². The van der Waals surface area contributed by atoms with Gasteiger partial charge in [0.1, 0.15) is 5.82 Å². The predicted octanol–water partition coefficient (Wildman–Crippen LogP) is 2.34. The monoisotopic (exact) mass is 273 g/mol. The van der Waals surface area contributed by atoms with Gasteiger partial charge in [-0.25, -0.2) is 4.39 Å². The number of amides is 1. The van der Waals surface area contributed by atoms with Crippen LogP contribution in [0.5, 0.6) is 0 Å². The van der Waals surface area contributed by atoms with Gasteiger partial charge in [-0.05, 0) is 43.0 Å². The van der Waals surface area contributed by atoms with Crippen LogP contribution in [-0.2, 0) is 4.79 Å². The molecule has 1 aromatic carbocycles. The Morgan fingerprint density at radius 2 is 2.05 bits per heavy atom. The molecule has 1 aliphatic heterocycles. The van der Waals surface area contributed by atoms with Crippen molar-refractivity contribution in [2.75, 3.05) is 0 Å². The van der Waals surface area contributed by atoms with E-state index in [1.807, 2.05) is 6.92 Å². The molecule has 1 aromatic rings. The molecule has 104 valence electrons. The highest BCUT2D eigenvalue weighted by Crippen LogP contribution is 2.24. The van der Waals surface area contributed by atoms with E-state index >= 15 is 0 Å². The molecule has 0 unspecified atom stereocenters. The van der Waals surface area contributed by atoms with E-state index in [1.54, 1.807) is 18.3 Å². The molecule has 0 atom stereocenters. The molecule has 5 heteroatoms. The van der Waals surface area contributed by atoms with E-state index in [2.05, 4.69) is 10.3 Å². The summed E-state index contributed by atoms with van der Waals surface area (Å²) >= 11 is 0. The molecule has 3 N–H and O–H groups in total. The number of carbonyl (C=O) groups is 1. The average molecular weight is 273 g/mol. The van der Waals surface area contributed by atoms with Crippen LogP contribution in [0.15, 0.2) is 46.7 Å². The minimum Gasteiger partial charge on any atom is -0.404 e. The maximum absolute atomic E-state index is 13.0. The minimum atomic E-state index is -0.316. The molecule has 0 aromatic heterocycles. The summed E-state index contributed by atoms with van der Waals surface area (Å²) in [5, 5.41) is 2.80. The zero-order valence-electron chi connectivity index (χ0n) is 11.2. The van der Waals surface area contributed by atoms with Gasteiger partial charge in [0, 0.05) is 24.6 Å². The number of hydrogen-bond acceptors (Lipinski definition) is 3. The van der Waals surface area contributed by atoms with Crippen molar-refractivity contribution in [3.8, 4) is 0 Å². The van der Waals surface area contributed by atoms with Crippen LogP contribution in [0.2, 0.25) is 0 Å². The van der Waals surface area contributed by atoms with Crippen LogP contribution >= 0.6 is 0 Å². The van der Waals surface area contributed by atoms with Gasteiger partial charge < -0.3 is 11.1 Å². The van der Waals surface area contributed by atoms with Crippen molar-refractivity contribution in [1.29, 1.82) is 0 Å². The quantitative estimate of drug-likeness (QED) is 0.830. The van der Waals surface area contributed by atoms with E-state index in [0.717, 1.165) is 16.8 Å². The number of nitrogens with zero attached hydrogens (tertiary/aromatic N) is 1. The van der Waals surface area contributed by atoms with Crippen LogP contribution in [0.1, 0.15) is 25.3 Å². The van der Waals surface area contributed by atoms with Gasteiger partial charge >= 0.3 is 0 Å². The molecule has 0 spiro atoms. The largest absolute Gasteiger partial charge is 0.404 e. The van der Waals surface area contributed by atoms with Gasteiger partial charge in [0.05, 0.1) is 11.4 Å². The normalized spacial score (nSPS) is 16.7. The fourth-order valence-electron chi connectivity index (χ4n) is 1.84. The molecule has 2 rings (SSSR count). The minimum absolute atomic E-state index is 0.0608. The third-order valence-electron chi connectivity index (χ3n) is 2.96. The summed E-state index contributed by atoms with van der Waals surface area (Å²) in [6, 6.07) is 5.96. The number of nitrogens with two attached hydrogens (primary N) is 1. The molecule has 4 nitrogen and oxygen atoms in total. The molecule has 0 bridgehead atoms. The van der Waals surface area contributed by atoms with Crippen LogP contribution in [0.3, 0.4) is 0 Å². The molecular weight excluding hydrogens is 257 g/mol. The molecule has 0 saturated carbocycles. The molecular formula is C15H16FN3O. The van der Waals surface area contributed by atoms with Gasteiger partial charge in [-0.3, -0.25) is 9.79 Å². The van der Waals surface area contributed by atoms with E-state index in [9.17, 15) is 9.18 Å². The number of rotatable bonds is 3. The highest BCUT2D eigenvalue weighted by molar-refractivity contribution is 5.91. The van der Waals surface area contributed by atoms with E-state index in [4.69, 9.17) is 5.73 Å². The highest BCUT2D eigenvalue weighted by Gasteiger charge is 2.18. The van der Waals surface area contributed by atoms with E-state index in [-0.39, 0.29) is 11.7 Å². The van der Waals surface area contributed by atoms with Crippen molar-refractivity contribution in [3.63, 3.8) is 0 Å². The Kier molecular flexibility index (Phi) is 4.30. The van der Waals surface area contributed by atoms with Gasteiger partial charge in [0.15, 0.2) is 0 Å². The average Bonchev–Trinajstić information content (AvgIpc) is 2.46. The molecule has 0 fully saturated rings. The molecule has 1 aliphatic rings. The zero-order valence-corrected chi connectivity index (χ0v) is 11.2. The van der Waals surface area contributed by atoms with Gasteiger partial charge in [0.25, 0.3) is 0 Å². The Hall–Kier alpha value is -2.43. The molecule has 1 amide bonds. The molecule has 0 radical (unpaired) electrons. The Morgan fingerprint density at radius 1 is 1.35 bits per heavy atom. The summed E-state index contributed by atoms with van der Waals surface area (Å²) in [7, 11) is 0. The fourth-order valence-corrected chi connectivity index (χ4v) is 1.84. The smallest absolute Gasteiger partial charge is 0.224 e. The standard InChI is InChI=1S/C15H16FN3O/c1-10(8-17)9-18-13-6-7-14(20)19-15(13)11-2-4-12(16)5-3-11/h2-5,8-9H,6-7,17H2,1H3,(H,19,20). The summed E-state index contributed by atoms with van der Waals surface area (Å²) in [5.41, 5.74) is 8.34. The molecule has 20 heavy (non-hydrogen) atoms. The molecule has 0 saturated heterocycles. The lowest BCUT2D eigenvalue weighted by molar-refractivity contribution is -0.120. The third kappa shape index (κ3) is 3.32. The first-order valence-corrected chi connectivity index (χ1v) is 6.31. The van der Waals surface area contributed by atoms with E-state index < -0.39 is 0 Å². The second-order valence-corrected chi connectivity index (χ2v) is 4.55. The van der Waals surface area contributed by atoms with Crippen LogP contribution < -0.4 is 11.1 Å². The summed E-state index contributed by atoms with van der Waals surface area (Å²) < 4.78 is 13.0. The van der Waals surface area contributed by atoms with Gasteiger partial charge in [0.2, 0.25) is 5.91 Å². The Balaban J connectivity index is 2.40. The zero-order chi connectivity index (χ0) is 14.5. The summed E-state index contributed by atoms with van der Waals surface area (Å²) in [6.07, 6.45) is 4.05. The van der Waals surface area contributed by atoms with Gasteiger partial charge in [-0.15, -0.1) is 0 Å². The number of carbonyl (C=O) groups excluding carboxylic acids is 1. The number of aliphatic imine (C=N–C) groups is 1. The predicted molar refractivity (Wildman–Crippen MR) is 77.1 cm³/mol. The maximum Gasteiger partial charge on any atom is 0.224 e. The topological polar surface area (TPSA) is 67.5 Å². The van der Waals surface area contributed by atoms with Crippen molar-refractivity contribution in [2.45, 2.75) is 19.8 Å². The summed E-state index contributed by atoms with van der Waals surface area (Å²) in [5.74, 6) is -0.377. The van der Waals surface area contributed by atoms with Crippen LogP contribution in [-0.4, -0.2) is 12.1 Å². The Morgan fingerprint density at radius 3 is 2.70 bits per heavy atom. The number of benzene rings is 1. The van der Waals surface area contributed by atoms with Gasteiger partial charge in [-0.2, -0.15) is 0 Å². The van der Waals surface area contributed by atoms with Crippen LogP contribution in [0.25, 0.3) is 5.70 Å². The van der Waals surface area contributed by atoms with E-state index in [0.29, 0.717) is 18.5 Å². The lowest BCUT2D eigenvalue weighted by Gasteiger charge is -2.18.